The Balaban J connectivity index is 1.64. The molecule has 0 bridgehead atoms. The van der Waals surface area contributed by atoms with Crippen molar-refractivity contribution in [3.05, 3.63) is 94.7 Å². The summed E-state index contributed by atoms with van der Waals surface area (Å²) in [5.41, 5.74) is 2.77. The molecular weight excluding hydrogens is 400 g/mol. The molecule has 0 atom stereocenters. The quantitative estimate of drug-likeness (QED) is 0.465. The number of hydrogen-bond acceptors (Lipinski definition) is 3. The van der Waals surface area contributed by atoms with Gasteiger partial charge in [0.15, 0.2) is 0 Å². The number of fused-ring (bicyclic) bond motifs is 1. The van der Waals surface area contributed by atoms with Crippen LogP contribution in [0.4, 0.5) is 8.78 Å². The number of H-pyrrole nitrogens is 1. The number of methoxy groups -OCH3 is 1. The highest BCUT2D eigenvalue weighted by atomic mass is 19.1. The van der Waals surface area contributed by atoms with Crippen LogP contribution in [0.15, 0.2) is 60.7 Å². The molecule has 0 radical (unpaired) electrons. The van der Waals surface area contributed by atoms with Gasteiger partial charge in [0.05, 0.1) is 29.3 Å². The maximum atomic E-state index is 13.8. The number of ether oxygens (including phenoxy) is 1. The van der Waals surface area contributed by atoms with Gasteiger partial charge >= 0.3 is 0 Å². The fraction of sp³-hybridized carbons (Fsp3) is 0.0833. The summed E-state index contributed by atoms with van der Waals surface area (Å²) in [6.45, 7) is 0.0510. The third kappa shape index (κ3) is 4.30. The first-order valence-corrected chi connectivity index (χ1v) is 9.57. The van der Waals surface area contributed by atoms with Crippen molar-refractivity contribution >= 4 is 29.0 Å². The first kappa shape index (κ1) is 20.3. The van der Waals surface area contributed by atoms with E-state index in [-0.39, 0.29) is 18.2 Å². The second-order valence-electron chi connectivity index (χ2n) is 6.84. The van der Waals surface area contributed by atoms with Crippen molar-refractivity contribution in [3.63, 3.8) is 0 Å². The summed E-state index contributed by atoms with van der Waals surface area (Å²) in [5.74, 6) is -0.726. The summed E-state index contributed by atoms with van der Waals surface area (Å²) in [7, 11) is 1.48. The number of carbonyl (C=O) groups is 1. The third-order valence-corrected chi connectivity index (χ3v) is 4.86. The van der Waals surface area contributed by atoms with Gasteiger partial charge < -0.3 is 10.1 Å². The Morgan fingerprint density at radius 1 is 1.06 bits per heavy atom. The highest BCUT2D eigenvalue weighted by molar-refractivity contribution is 6.05. The number of benzene rings is 3. The molecule has 156 valence electrons. The zero-order valence-electron chi connectivity index (χ0n) is 16.7. The van der Waals surface area contributed by atoms with Gasteiger partial charge in [-0.2, -0.15) is 5.10 Å². The SMILES string of the molecule is COc1c(C(=O)NCc2ccccc2F)ccc2[nH]nc(C=Cc3ccc(F)cc3)c12. The third-order valence-electron chi connectivity index (χ3n) is 4.86. The topological polar surface area (TPSA) is 67.0 Å². The van der Waals surface area contributed by atoms with Crippen molar-refractivity contribution in [1.29, 1.82) is 0 Å². The zero-order valence-corrected chi connectivity index (χ0v) is 16.7. The fourth-order valence-electron chi connectivity index (χ4n) is 3.28. The number of rotatable bonds is 6. The predicted molar refractivity (Wildman–Crippen MR) is 116 cm³/mol. The molecule has 1 amide bonds. The number of carbonyl (C=O) groups excluding carboxylic acids is 1. The lowest BCUT2D eigenvalue weighted by molar-refractivity contribution is 0.0948. The van der Waals surface area contributed by atoms with E-state index < -0.39 is 5.91 Å². The summed E-state index contributed by atoms with van der Waals surface area (Å²) in [4.78, 5) is 12.8. The summed E-state index contributed by atoms with van der Waals surface area (Å²) in [6.07, 6.45) is 3.55. The Hall–Kier alpha value is -4.00. The first-order valence-electron chi connectivity index (χ1n) is 9.57. The molecule has 4 aromatic rings. The Morgan fingerprint density at radius 2 is 1.84 bits per heavy atom. The van der Waals surface area contributed by atoms with Crippen LogP contribution in [0.1, 0.15) is 27.2 Å². The molecule has 1 heterocycles. The van der Waals surface area contributed by atoms with Crippen LogP contribution in [-0.2, 0) is 6.54 Å². The average Bonchev–Trinajstić information content (AvgIpc) is 3.20. The fourth-order valence-corrected chi connectivity index (χ4v) is 3.28. The average molecular weight is 419 g/mol. The van der Waals surface area contributed by atoms with E-state index in [0.29, 0.717) is 33.5 Å². The molecule has 0 aliphatic carbocycles. The molecule has 0 unspecified atom stereocenters. The van der Waals surface area contributed by atoms with Crippen LogP contribution in [0.5, 0.6) is 5.75 Å². The van der Waals surface area contributed by atoms with E-state index in [1.54, 1.807) is 54.6 Å². The molecule has 0 aliphatic heterocycles. The second-order valence-corrected chi connectivity index (χ2v) is 6.84. The summed E-state index contributed by atoms with van der Waals surface area (Å²) in [6, 6.07) is 15.7. The van der Waals surface area contributed by atoms with Gasteiger partial charge in [0.1, 0.15) is 17.4 Å². The van der Waals surface area contributed by atoms with Crippen LogP contribution >= 0.6 is 0 Å². The molecule has 0 saturated heterocycles. The van der Waals surface area contributed by atoms with Gasteiger partial charge in [0, 0.05) is 12.1 Å². The Bertz CT molecular complexity index is 1260. The summed E-state index contributed by atoms with van der Waals surface area (Å²) >= 11 is 0. The lowest BCUT2D eigenvalue weighted by atomic mass is 10.1. The maximum absolute atomic E-state index is 13.8. The van der Waals surface area contributed by atoms with E-state index in [1.165, 1.54) is 25.3 Å². The Labute approximate surface area is 177 Å². The number of halogens is 2. The molecule has 0 aliphatic rings. The maximum Gasteiger partial charge on any atom is 0.255 e. The lowest BCUT2D eigenvalue weighted by Crippen LogP contribution is -2.23. The van der Waals surface area contributed by atoms with Gasteiger partial charge in [-0.15, -0.1) is 0 Å². The summed E-state index contributed by atoms with van der Waals surface area (Å²) in [5, 5.41) is 10.6. The van der Waals surface area contributed by atoms with Crippen molar-refractivity contribution in [2.45, 2.75) is 6.54 Å². The number of amides is 1. The zero-order chi connectivity index (χ0) is 21.8. The van der Waals surface area contributed by atoms with Crippen molar-refractivity contribution in [2.24, 2.45) is 0 Å². The van der Waals surface area contributed by atoms with Gasteiger partial charge in [-0.25, -0.2) is 8.78 Å². The van der Waals surface area contributed by atoms with Crippen molar-refractivity contribution in [2.75, 3.05) is 7.11 Å². The van der Waals surface area contributed by atoms with Crippen LogP contribution in [0.3, 0.4) is 0 Å². The number of hydrogen-bond donors (Lipinski definition) is 2. The largest absolute Gasteiger partial charge is 0.495 e. The minimum Gasteiger partial charge on any atom is -0.495 e. The highest BCUT2D eigenvalue weighted by Gasteiger charge is 2.19. The molecule has 3 aromatic carbocycles. The molecule has 31 heavy (non-hydrogen) atoms. The van der Waals surface area contributed by atoms with E-state index in [9.17, 15) is 13.6 Å². The Kier molecular flexibility index (Phi) is 5.75. The van der Waals surface area contributed by atoms with Crippen LogP contribution in [0.25, 0.3) is 23.1 Å². The van der Waals surface area contributed by atoms with E-state index in [1.807, 2.05) is 0 Å². The van der Waals surface area contributed by atoms with Gasteiger partial charge in [-0.3, -0.25) is 9.89 Å². The smallest absolute Gasteiger partial charge is 0.255 e. The lowest BCUT2D eigenvalue weighted by Gasteiger charge is -2.11. The summed E-state index contributed by atoms with van der Waals surface area (Å²) < 4.78 is 32.5. The van der Waals surface area contributed by atoms with E-state index in [2.05, 4.69) is 15.5 Å². The molecule has 5 nitrogen and oxygen atoms in total. The van der Waals surface area contributed by atoms with Gasteiger partial charge in [-0.05, 0) is 42.0 Å². The molecule has 0 saturated carbocycles. The van der Waals surface area contributed by atoms with Crippen molar-refractivity contribution < 1.29 is 18.3 Å². The molecule has 0 fully saturated rings. The van der Waals surface area contributed by atoms with E-state index >= 15 is 0 Å². The molecule has 7 heteroatoms. The van der Waals surface area contributed by atoms with Crippen LogP contribution < -0.4 is 10.1 Å². The minimum atomic E-state index is -0.392. The van der Waals surface area contributed by atoms with Gasteiger partial charge in [0.2, 0.25) is 0 Å². The molecule has 0 spiro atoms. The minimum absolute atomic E-state index is 0.0510. The number of aromatic nitrogens is 2. The van der Waals surface area contributed by atoms with E-state index in [4.69, 9.17) is 4.74 Å². The monoisotopic (exact) mass is 419 g/mol. The molecule has 4 rings (SSSR count). The number of aromatic amines is 1. The standard InChI is InChI=1S/C24H19F2N3O2/c1-31-23-18(24(30)27-14-16-4-2-3-5-19(16)26)11-13-21-22(23)20(28-29-21)12-8-15-6-9-17(25)10-7-15/h2-13H,14H2,1H3,(H,27,30)(H,28,29). The van der Waals surface area contributed by atoms with Gasteiger partial charge in [-0.1, -0.05) is 36.4 Å². The van der Waals surface area contributed by atoms with Crippen molar-refractivity contribution in [3.8, 4) is 5.75 Å². The first-order chi connectivity index (χ1) is 15.1. The molecular formula is C24H19F2N3O2. The normalized spacial score (nSPS) is 11.2. The van der Waals surface area contributed by atoms with Crippen LogP contribution in [0.2, 0.25) is 0 Å². The van der Waals surface area contributed by atoms with Crippen LogP contribution in [-0.4, -0.2) is 23.2 Å². The number of nitrogens with one attached hydrogen (secondary N) is 2. The highest BCUT2D eigenvalue weighted by Crippen LogP contribution is 2.32. The van der Waals surface area contributed by atoms with E-state index in [0.717, 1.165) is 5.56 Å². The van der Waals surface area contributed by atoms with Crippen LogP contribution in [0, 0.1) is 11.6 Å². The molecule has 2 N–H and O–H groups in total. The Morgan fingerprint density at radius 3 is 2.58 bits per heavy atom. The predicted octanol–water partition coefficient (Wildman–Crippen LogP) is 4.95. The number of nitrogens with zero attached hydrogens (tertiary/aromatic N) is 1. The van der Waals surface area contributed by atoms with Gasteiger partial charge in [0.25, 0.3) is 5.91 Å². The molecule has 1 aromatic heterocycles. The second kappa shape index (κ2) is 8.79. The van der Waals surface area contributed by atoms with Crippen molar-refractivity contribution in [1.82, 2.24) is 15.5 Å².